The molecule has 2 heterocycles. The van der Waals surface area contributed by atoms with Crippen molar-refractivity contribution < 1.29 is 4.79 Å². The van der Waals surface area contributed by atoms with Gasteiger partial charge >= 0.3 is 0 Å². The molecule has 1 unspecified atom stereocenters. The van der Waals surface area contributed by atoms with Crippen LogP contribution in [0.3, 0.4) is 0 Å². The molecule has 1 aliphatic rings. The van der Waals surface area contributed by atoms with Gasteiger partial charge in [0.25, 0.3) is 5.91 Å². The van der Waals surface area contributed by atoms with Crippen molar-refractivity contribution in [1.29, 1.82) is 0 Å². The molecule has 1 aliphatic heterocycles. The number of nitrogen functional groups attached to an aromatic ring is 1. The van der Waals surface area contributed by atoms with Crippen LogP contribution in [-0.2, 0) is 0 Å². The summed E-state index contributed by atoms with van der Waals surface area (Å²) in [4.78, 5) is 18.2. The maximum Gasteiger partial charge on any atom is 0.270 e. The zero-order valence-electron chi connectivity index (χ0n) is 10.0. The first-order chi connectivity index (χ1) is 8.15. The third-order valence-corrected chi connectivity index (χ3v) is 2.98. The summed E-state index contributed by atoms with van der Waals surface area (Å²) in [7, 11) is 2.07. The number of amides is 1. The highest BCUT2D eigenvalue weighted by Gasteiger charge is 2.19. The lowest BCUT2D eigenvalue weighted by Gasteiger charge is -2.30. The van der Waals surface area contributed by atoms with E-state index in [1.807, 2.05) is 0 Å². The smallest absolute Gasteiger partial charge is 0.270 e. The molecule has 0 radical (unpaired) electrons. The molecule has 1 atom stereocenters. The van der Waals surface area contributed by atoms with Gasteiger partial charge in [-0.25, -0.2) is 0 Å². The molecule has 5 heteroatoms. The van der Waals surface area contributed by atoms with Gasteiger partial charge < -0.3 is 16.0 Å². The Hall–Kier alpha value is -1.62. The number of hydrogen-bond donors (Lipinski definition) is 2. The average molecular weight is 234 g/mol. The maximum absolute atomic E-state index is 11.9. The van der Waals surface area contributed by atoms with Gasteiger partial charge in [-0.2, -0.15) is 0 Å². The zero-order valence-corrected chi connectivity index (χ0v) is 10.0. The van der Waals surface area contributed by atoms with Gasteiger partial charge in [0.05, 0.1) is 0 Å². The molecule has 0 aliphatic carbocycles. The van der Waals surface area contributed by atoms with Gasteiger partial charge in [-0.3, -0.25) is 9.78 Å². The lowest BCUT2D eigenvalue weighted by atomic mass is 10.1. The van der Waals surface area contributed by atoms with Gasteiger partial charge in [0.2, 0.25) is 0 Å². The predicted molar refractivity (Wildman–Crippen MR) is 66.6 cm³/mol. The number of piperidine rings is 1. The molecule has 1 aromatic heterocycles. The number of nitrogens with two attached hydrogens (primary N) is 1. The van der Waals surface area contributed by atoms with Crippen LogP contribution in [0.15, 0.2) is 18.3 Å². The van der Waals surface area contributed by atoms with Gasteiger partial charge in [0.15, 0.2) is 0 Å². The van der Waals surface area contributed by atoms with Crippen LogP contribution in [0.25, 0.3) is 0 Å². The van der Waals surface area contributed by atoms with E-state index in [1.54, 1.807) is 18.3 Å². The van der Waals surface area contributed by atoms with E-state index < -0.39 is 0 Å². The van der Waals surface area contributed by atoms with Gasteiger partial charge in [0, 0.05) is 24.5 Å². The highest BCUT2D eigenvalue weighted by Crippen LogP contribution is 2.09. The summed E-state index contributed by atoms with van der Waals surface area (Å²) in [5, 5.41) is 2.99. The van der Waals surface area contributed by atoms with Crippen LogP contribution in [-0.4, -0.2) is 42.0 Å². The molecule has 92 valence electrons. The van der Waals surface area contributed by atoms with Crippen molar-refractivity contribution in [2.45, 2.75) is 18.9 Å². The number of rotatable bonds is 2. The van der Waals surface area contributed by atoms with E-state index in [2.05, 4.69) is 22.2 Å². The summed E-state index contributed by atoms with van der Waals surface area (Å²) in [6.45, 7) is 2.00. The molecule has 0 saturated carbocycles. The van der Waals surface area contributed by atoms with E-state index in [9.17, 15) is 4.79 Å². The normalized spacial score (nSPS) is 21.1. The Morgan fingerprint density at radius 3 is 3.18 bits per heavy atom. The Labute approximate surface area is 101 Å². The van der Waals surface area contributed by atoms with Crippen molar-refractivity contribution in [1.82, 2.24) is 15.2 Å². The predicted octanol–water partition coefficient (Wildman–Crippen LogP) is 0.488. The molecular weight excluding hydrogens is 216 g/mol. The minimum absolute atomic E-state index is 0.141. The number of hydrogen-bond acceptors (Lipinski definition) is 4. The van der Waals surface area contributed by atoms with Crippen LogP contribution in [0.1, 0.15) is 23.3 Å². The van der Waals surface area contributed by atoms with Crippen molar-refractivity contribution in [3.8, 4) is 0 Å². The summed E-state index contributed by atoms with van der Waals surface area (Å²) in [6.07, 6.45) is 3.70. The van der Waals surface area contributed by atoms with Crippen LogP contribution in [0.4, 0.5) is 5.69 Å². The van der Waals surface area contributed by atoms with Crippen LogP contribution in [0.2, 0.25) is 0 Å². The Kier molecular flexibility index (Phi) is 3.58. The highest BCUT2D eigenvalue weighted by atomic mass is 16.1. The molecule has 0 bridgehead atoms. The van der Waals surface area contributed by atoms with Crippen molar-refractivity contribution in [3.05, 3.63) is 24.0 Å². The van der Waals surface area contributed by atoms with Crippen LogP contribution >= 0.6 is 0 Å². The van der Waals surface area contributed by atoms with Gasteiger partial charge in [-0.05, 0) is 38.6 Å². The van der Waals surface area contributed by atoms with E-state index in [4.69, 9.17) is 5.73 Å². The van der Waals surface area contributed by atoms with Gasteiger partial charge in [-0.15, -0.1) is 0 Å². The van der Waals surface area contributed by atoms with E-state index in [1.165, 1.54) is 0 Å². The topological polar surface area (TPSA) is 71.2 Å². The van der Waals surface area contributed by atoms with Crippen molar-refractivity contribution >= 4 is 11.6 Å². The standard InChI is InChI=1S/C12H18N4O/c1-16-6-2-3-10(8-16)15-12(17)11-7-9(13)4-5-14-11/h4-5,7,10H,2-3,6,8H2,1H3,(H2,13,14)(H,15,17). The number of pyridine rings is 1. The fraction of sp³-hybridized carbons (Fsp3) is 0.500. The third-order valence-electron chi connectivity index (χ3n) is 2.98. The molecule has 0 aromatic carbocycles. The fourth-order valence-corrected chi connectivity index (χ4v) is 2.11. The molecule has 0 spiro atoms. The molecule has 1 saturated heterocycles. The number of nitrogens with zero attached hydrogens (tertiary/aromatic N) is 2. The Morgan fingerprint density at radius 2 is 2.47 bits per heavy atom. The first-order valence-electron chi connectivity index (χ1n) is 5.86. The second kappa shape index (κ2) is 5.14. The molecule has 1 aromatic rings. The molecular formula is C12H18N4O. The first kappa shape index (κ1) is 11.9. The Balaban J connectivity index is 1.97. The second-order valence-electron chi connectivity index (χ2n) is 4.55. The van der Waals surface area contributed by atoms with Gasteiger partial charge in [0.1, 0.15) is 5.69 Å². The number of aromatic nitrogens is 1. The van der Waals surface area contributed by atoms with E-state index >= 15 is 0 Å². The number of carbonyl (C=O) groups is 1. The fourth-order valence-electron chi connectivity index (χ4n) is 2.11. The molecule has 3 N–H and O–H groups in total. The van der Waals surface area contributed by atoms with Crippen molar-refractivity contribution in [2.75, 3.05) is 25.9 Å². The number of anilines is 1. The summed E-state index contributed by atoms with van der Waals surface area (Å²) in [5.74, 6) is -0.141. The van der Waals surface area contributed by atoms with Crippen LogP contribution < -0.4 is 11.1 Å². The minimum Gasteiger partial charge on any atom is -0.399 e. The van der Waals surface area contributed by atoms with E-state index in [0.717, 1.165) is 25.9 Å². The first-order valence-corrected chi connectivity index (χ1v) is 5.86. The quantitative estimate of drug-likeness (QED) is 0.781. The largest absolute Gasteiger partial charge is 0.399 e. The van der Waals surface area contributed by atoms with Gasteiger partial charge in [-0.1, -0.05) is 0 Å². The summed E-state index contributed by atoms with van der Waals surface area (Å²) >= 11 is 0. The lowest BCUT2D eigenvalue weighted by Crippen LogP contribution is -2.46. The molecule has 1 fully saturated rings. The van der Waals surface area contributed by atoms with Crippen LogP contribution in [0.5, 0.6) is 0 Å². The SMILES string of the molecule is CN1CCCC(NC(=O)c2cc(N)ccn2)C1. The summed E-state index contributed by atoms with van der Waals surface area (Å²) < 4.78 is 0. The molecule has 5 nitrogen and oxygen atoms in total. The van der Waals surface area contributed by atoms with E-state index in [-0.39, 0.29) is 11.9 Å². The van der Waals surface area contributed by atoms with Crippen LogP contribution in [0, 0.1) is 0 Å². The number of likely N-dealkylation sites (N-methyl/N-ethyl adjacent to an activating group) is 1. The van der Waals surface area contributed by atoms with E-state index in [0.29, 0.717) is 11.4 Å². The number of nitrogens with one attached hydrogen (secondary N) is 1. The Morgan fingerprint density at radius 1 is 1.65 bits per heavy atom. The third kappa shape index (κ3) is 3.17. The van der Waals surface area contributed by atoms with Crippen molar-refractivity contribution in [2.24, 2.45) is 0 Å². The molecule has 17 heavy (non-hydrogen) atoms. The monoisotopic (exact) mass is 234 g/mol. The average Bonchev–Trinajstić information content (AvgIpc) is 2.29. The lowest BCUT2D eigenvalue weighted by molar-refractivity contribution is 0.0907. The number of likely N-dealkylation sites (tertiary alicyclic amines) is 1. The Bertz CT molecular complexity index is 407. The summed E-state index contributed by atoms with van der Waals surface area (Å²) in [6, 6.07) is 3.48. The molecule has 2 rings (SSSR count). The van der Waals surface area contributed by atoms with Crippen molar-refractivity contribution in [3.63, 3.8) is 0 Å². The number of carbonyl (C=O) groups excluding carboxylic acids is 1. The minimum atomic E-state index is -0.141. The second-order valence-corrected chi connectivity index (χ2v) is 4.55. The highest BCUT2D eigenvalue weighted by molar-refractivity contribution is 5.93. The maximum atomic E-state index is 11.9. The summed E-state index contributed by atoms with van der Waals surface area (Å²) in [5.41, 5.74) is 6.57. The molecule has 1 amide bonds. The zero-order chi connectivity index (χ0) is 12.3.